The fourth-order valence-electron chi connectivity index (χ4n) is 1.97. The molecule has 7 heteroatoms. The number of nitrogens with one attached hydrogen (secondary N) is 1. The second-order valence-electron chi connectivity index (χ2n) is 4.43. The summed E-state index contributed by atoms with van der Waals surface area (Å²) in [4.78, 5) is 28.6. The Hall–Kier alpha value is -2.57. The molecule has 1 aromatic heterocycles. The van der Waals surface area contributed by atoms with Crippen LogP contribution in [0.2, 0.25) is 0 Å². The number of fused-ring (bicyclic) bond motifs is 1. The molecule has 0 aliphatic heterocycles. The van der Waals surface area contributed by atoms with Crippen LogP contribution in [-0.2, 0) is 4.79 Å². The van der Waals surface area contributed by atoms with Gasteiger partial charge in [-0.15, -0.1) is 0 Å². The lowest BCUT2D eigenvalue weighted by molar-refractivity contribution is -0.128. The molecule has 2 aromatic rings. The van der Waals surface area contributed by atoms with Crippen molar-refractivity contribution in [3.63, 3.8) is 0 Å². The van der Waals surface area contributed by atoms with Crippen molar-refractivity contribution >= 4 is 29.0 Å². The van der Waals surface area contributed by atoms with Crippen molar-refractivity contribution in [2.24, 2.45) is 0 Å². The minimum atomic E-state index is -1.03. The molecule has 0 radical (unpaired) electrons. The quantitative estimate of drug-likeness (QED) is 0.842. The molecule has 1 heterocycles. The Kier molecular flexibility index (Phi) is 4.42. The van der Waals surface area contributed by atoms with Gasteiger partial charge in [-0.25, -0.2) is 4.79 Å². The normalized spacial score (nSPS) is 10.6. The average Bonchev–Trinajstić information content (AvgIpc) is 2.88. The first-order chi connectivity index (χ1) is 10.0. The maximum absolute atomic E-state index is 11.9. The predicted molar refractivity (Wildman–Crippen MR) is 77.4 cm³/mol. The lowest BCUT2D eigenvalue weighted by Gasteiger charge is -2.18. The molecule has 7 nitrogen and oxygen atoms in total. The van der Waals surface area contributed by atoms with Crippen molar-refractivity contribution in [1.82, 2.24) is 9.88 Å². The lowest BCUT2D eigenvalue weighted by Crippen LogP contribution is -2.35. The molecule has 0 spiro atoms. The second kappa shape index (κ2) is 6.25. The number of rotatable bonds is 6. The van der Waals surface area contributed by atoms with Gasteiger partial charge in [-0.3, -0.25) is 4.79 Å². The SMILES string of the molecule is CCN(CC)C(=O)CNc1nc2ccc(C(=O)O)cc2o1. The van der Waals surface area contributed by atoms with Gasteiger partial charge in [0.15, 0.2) is 5.58 Å². The number of anilines is 1. The Morgan fingerprint density at radius 3 is 2.67 bits per heavy atom. The fourth-order valence-corrected chi connectivity index (χ4v) is 1.97. The molecule has 1 amide bonds. The highest BCUT2D eigenvalue weighted by Crippen LogP contribution is 2.20. The van der Waals surface area contributed by atoms with Gasteiger partial charge in [0, 0.05) is 13.1 Å². The summed E-state index contributed by atoms with van der Waals surface area (Å²) in [6.45, 7) is 5.20. The summed E-state index contributed by atoms with van der Waals surface area (Å²) in [7, 11) is 0. The molecule has 21 heavy (non-hydrogen) atoms. The van der Waals surface area contributed by atoms with E-state index in [1.165, 1.54) is 12.1 Å². The Labute approximate surface area is 121 Å². The summed E-state index contributed by atoms with van der Waals surface area (Å²) < 4.78 is 5.40. The Morgan fingerprint density at radius 2 is 2.05 bits per heavy atom. The van der Waals surface area contributed by atoms with E-state index in [4.69, 9.17) is 9.52 Å². The van der Waals surface area contributed by atoms with E-state index in [1.54, 1.807) is 11.0 Å². The van der Waals surface area contributed by atoms with Crippen LogP contribution in [0.4, 0.5) is 6.01 Å². The number of likely N-dealkylation sites (N-methyl/N-ethyl adjacent to an activating group) is 1. The second-order valence-corrected chi connectivity index (χ2v) is 4.43. The molecular formula is C14H17N3O4. The highest BCUT2D eigenvalue weighted by Gasteiger charge is 2.12. The predicted octanol–water partition coefficient (Wildman–Crippen LogP) is 1.81. The molecule has 0 aliphatic rings. The molecule has 0 unspecified atom stereocenters. The van der Waals surface area contributed by atoms with Crippen LogP contribution in [0, 0.1) is 0 Å². The van der Waals surface area contributed by atoms with E-state index < -0.39 is 5.97 Å². The van der Waals surface area contributed by atoms with Gasteiger partial charge in [0.05, 0.1) is 12.1 Å². The number of carbonyl (C=O) groups is 2. The zero-order valence-electron chi connectivity index (χ0n) is 11.9. The summed E-state index contributed by atoms with van der Waals surface area (Å²) in [6, 6.07) is 4.63. The molecule has 112 valence electrons. The van der Waals surface area contributed by atoms with Crippen LogP contribution in [0.3, 0.4) is 0 Å². The van der Waals surface area contributed by atoms with Crippen LogP contribution in [0.15, 0.2) is 22.6 Å². The lowest BCUT2D eigenvalue weighted by atomic mass is 10.2. The molecule has 0 aliphatic carbocycles. The summed E-state index contributed by atoms with van der Waals surface area (Å²) in [5.41, 5.74) is 1.04. The van der Waals surface area contributed by atoms with Crippen molar-refractivity contribution in [1.29, 1.82) is 0 Å². The molecule has 0 atom stereocenters. The van der Waals surface area contributed by atoms with Crippen molar-refractivity contribution in [2.75, 3.05) is 25.0 Å². The monoisotopic (exact) mass is 291 g/mol. The number of hydrogen-bond acceptors (Lipinski definition) is 5. The third-order valence-electron chi connectivity index (χ3n) is 3.14. The Bertz CT molecular complexity index is 661. The minimum absolute atomic E-state index is 0.0477. The maximum atomic E-state index is 11.9. The summed E-state index contributed by atoms with van der Waals surface area (Å²) in [6.07, 6.45) is 0. The van der Waals surface area contributed by atoms with Crippen molar-refractivity contribution in [3.8, 4) is 0 Å². The van der Waals surface area contributed by atoms with Gasteiger partial charge in [-0.05, 0) is 32.0 Å². The van der Waals surface area contributed by atoms with Crippen molar-refractivity contribution in [3.05, 3.63) is 23.8 Å². The molecule has 0 fully saturated rings. The number of aromatic nitrogens is 1. The van der Waals surface area contributed by atoms with Crippen molar-refractivity contribution in [2.45, 2.75) is 13.8 Å². The van der Waals surface area contributed by atoms with Gasteiger partial charge in [-0.1, -0.05) is 0 Å². The molecule has 2 N–H and O–H groups in total. The standard InChI is InChI=1S/C14H17N3O4/c1-3-17(4-2)12(18)8-15-14-16-10-6-5-9(13(19)20)7-11(10)21-14/h5-7H,3-4,8H2,1-2H3,(H,15,16)(H,19,20). The average molecular weight is 291 g/mol. The third-order valence-corrected chi connectivity index (χ3v) is 3.14. The third kappa shape index (κ3) is 3.31. The van der Waals surface area contributed by atoms with Crippen LogP contribution in [0.25, 0.3) is 11.1 Å². The summed E-state index contributed by atoms with van der Waals surface area (Å²) in [5.74, 6) is -1.08. The van der Waals surface area contributed by atoms with Gasteiger partial charge in [0.2, 0.25) is 5.91 Å². The van der Waals surface area contributed by atoms with E-state index in [0.717, 1.165) is 0 Å². The summed E-state index contributed by atoms with van der Waals surface area (Å²) >= 11 is 0. The van der Waals surface area contributed by atoms with Gasteiger partial charge in [0.25, 0.3) is 6.01 Å². The highest BCUT2D eigenvalue weighted by atomic mass is 16.4. The smallest absolute Gasteiger partial charge is 0.335 e. The molecule has 1 aromatic carbocycles. The van der Waals surface area contributed by atoms with E-state index in [2.05, 4.69) is 10.3 Å². The first-order valence-electron chi connectivity index (χ1n) is 6.70. The van der Waals surface area contributed by atoms with Crippen molar-refractivity contribution < 1.29 is 19.1 Å². The van der Waals surface area contributed by atoms with Gasteiger partial charge < -0.3 is 19.7 Å². The molecule has 0 saturated carbocycles. The van der Waals surface area contributed by atoms with E-state index in [-0.39, 0.29) is 24.0 Å². The first-order valence-corrected chi connectivity index (χ1v) is 6.70. The van der Waals surface area contributed by atoms with Crippen LogP contribution in [-0.4, -0.2) is 46.5 Å². The van der Waals surface area contributed by atoms with E-state index >= 15 is 0 Å². The van der Waals surface area contributed by atoms with E-state index in [0.29, 0.717) is 24.2 Å². The zero-order chi connectivity index (χ0) is 15.4. The Morgan fingerprint density at radius 1 is 1.33 bits per heavy atom. The van der Waals surface area contributed by atoms with Gasteiger partial charge in [-0.2, -0.15) is 4.98 Å². The molecule has 0 bridgehead atoms. The highest BCUT2D eigenvalue weighted by molar-refractivity contribution is 5.92. The van der Waals surface area contributed by atoms with Gasteiger partial charge >= 0.3 is 5.97 Å². The topological polar surface area (TPSA) is 95.7 Å². The minimum Gasteiger partial charge on any atom is -0.478 e. The molecule has 0 saturated heterocycles. The Balaban J connectivity index is 2.09. The number of oxazole rings is 1. The van der Waals surface area contributed by atoms with Crippen LogP contribution in [0.1, 0.15) is 24.2 Å². The number of hydrogen-bond donors (Lipinski definition) is 2. The number of carboxylic acid groups (broad SMARTS) is 1. The van der Waals surface area contributed by atoms with Crippen LogP contribution >= 0.6 is 0 Å². The van der Waals surface area contributed by atoms with E-state index in [1.807, 2.05) is 13.8 Å². The number of carboxylic acids is 1. The number of benzene rings is 1. The number of nitrogens with zero attached hydrogens (tertiary/aromatic N) is 2. The number of carbonyl (C=O) groups excluding carboxylic acids is 1. The van der Waals surface area contributed by atoms with Crippen LogP contribution < -0.4 is 5.32 Å². The zero-order valence-corrected chi connectivity index (χ0v) is 11.9. The fraction of sp³-hybridized carbons (Fsp3) is 0.357. The molecule has 2 rings (SSSR count). The van der Waals surface area contributed by atoms with Crippen LogP contribution in [0.5, 0.6) is 0 Å². The first kappa shape index (κ1) is 14.8. The van der Waals surface area contributed by atoms with Gasteiger partial charge in [0.1, 0.15) is 5.52 Å². The molecular weight excluding hydrogens is 274 g/mol. The maximum Gasteiger partial charge on any atom is 0.335 e. The summed E-state index contributed by atoms with van der Waals surface area (Å²) in [5, 5.41) is 11.7. The number of amides is 1. The van der Waals surface area contributed by atoms with E-state index in [9.17, 15) is 9.59 Å². The largest absolute Gasteiger partial charge is 0.478 e. The number of aromatic carboxylic acids is 1.